The zero-order chi connectivity index (χ0) is 14.8. The van der Waals surface area contributed by atoms with Crippen LogP contribution in [0.5, 0.6) is 5.75 Å². The Labute approximate surface area is 154 Å². The largest absolute Gasteiger partial charge is 0.506 e. The van der Waals surface area contributed by atoms with Crippen LogP contribution in [0.15, 0.2) is 12.1 Å². The van der Waals surface area contributed by atoms with E-state index in [1.165, 1.54) is 29.3 Å². The van der Waals surface area contributed by atoms with Gasteiger partial charge in [-0.1, -0.05) is 12.8 Å². The molecule has 5 heteroatoms. The highest BCUT2D eigenvalue weighted by molar-refractivity contribution is 14.1. The fraction of sp³-hybridized carbons (Fsp3) is 0.625. The molecule has 0 radical (unpaired) electrons. The number of rotatable bonds is 3. The number of aromatic hydroxyl groups is 1. The highest BCUT2D eigenvalue weighted by atomic mass is 127. The van der Waals surface area contributed by atoms with Gasteiger partial charge in [0.05, 0.1) is 3.57 Å². The summed E-state index contributed by atoms with van der Waals surface area (Å²) in [6, 6.07) is 4.64. The van der Waals surface area contributed by atoms with Gasteiger partial charge >= 0.3 is 0 Å². The Morgan fingerprint density at radius 3 is 2.48 bits per heavy atom. The summed E-state index contributed by atoms with van der Waals surface area (Å²) in [7, 11) is 0. The molecule has 0 amide bonds. The minimum atomic E-state index is 0.387. The van der Waals surface area contributed by atoms with Crippen LogP contribution in [0.4, 0.5) is 0 Å². The van der Waals surface area contributed by atoms with Gasteiger partial charge in [-0.3, -0.25) is 4.90 Å². The molecular weight excluding hydrogens is 490 g/mol. The van der Waals surface area contributed by atoms with Gasteiger partial charge in [0.1, 0.15) is 5.75 Å². The van der Waals surface area contributed by atoms with E-state index in [-0.39, 0.29) is 0 Å². The van der Waals surface area contributed by atoms with E-state index in [0.717, 1.165) is 35.3 Å². The maximum absolute atomic E-state index is 10.6. The van der Waals surface area contributed by atoms with Crippen molar-refractivity contribution < 1.29 is 5.11 Å². The molecule has 1 heterocycles. The van der Waals surface area contributed by atoms with E-state index in [1.54, 1.807) is 0 Å². The highest BCUT2D eigenvalue weighted by Gasteiger charge is 2.34. The molecule has 3 nitrogen and oxygen atoms in total. The molecule has 1 saturated heterocycles. The van der Waals surface area contributed by atoms with Gasteiger partial charge in [-0.25, -0.2) is 0 Å². The molecule has 1 aliphatic heterocycles. The summed E-state index contributed by atoms with van der Waals surface area (Å²) in [4.78, 5) is 2.59. The van der Waals surface area contributed by atoms with E-state index in [2.05, 4.69) is 67.5 Å². The maximum atomic E-state index is 10.6. The van der Waals surface area contributed by atoms with Gasteiger partial charge in [-0.15, -0.1) is 0 Å². The van der Waals surface area contributed by atoms with Crippen molar-refractivity contribution in [2.75, 3.05) is 26.2 Å². The lowest BCUT2D eigenvalue weighted by molar-refractivity contribution is 0.123. The predicted octanol–water partition coefficient (Wildman–Crippen LogP) is 3.74. The third kappa shape index (κ3) is 3.67. The summed E-state index contributed by atoms with van der Waals surface area (Å²) in [6.45, 7) is 4.29. The van der Waals surface area contributed by atoms with Gasteiger partial charge in [-0.05, 0) is 76.1 Å². The van der Waals surface area contributed by atoms with Crippen LogP contribution in [-0.4, -0.2) is 36.2 Å². The van der Waals surface area contributed by atoms with Crippen LogP contribution in [0.25, 0.3) is 0 Å². The molecule has 1 saturated carbocycles. The second-order valence-corrected chi connectivity index (χ2v) is 8.51. The van der Waals surface area contributed by atoms with Gasteiger partial charge in [0.25, 0.3) is 0 Å². The van der Waals surface area contributed by atoms with Gasteiger partial charge < -0.3 is 10.4 Å². The topological polar surface area (TPSA) is 35.5 Å². The van der Waals surface area contributed by atoms with Crippen molar-refractivity contribution in [3.05, 3.63) is 24.8 Å². The lowest BCUT2D eigenvalue weighted by Gasteiger charge is -2.39. The summed E-state index contributed by atoms with van der Waals surface area (Å²) >= 11 is 4.63. The first kappa shape index (κ1) is 16.3. The normalized spacial score (nSPS) is 22.6. The Bertz CT molecular complexity index is 497. The molecular formula is C16H22I2N2O. The molecule has 1 aromatic rings. The molecule has 1 aliphatic carbocycles. The fourth-order valence-corrected chi connectivity index (χ4v) is 5.68. The SMILES string of the molecule is Oc1c(I)cc(I)cc1[C@@H](C1CCCC1)N1CCNCC1. The van der Waals surface area contributed by atoms with Crippen LogP contribution < -0.4 is 5.32 Å². The van der Waals surface area contributed by atoms with E-state index >= 15 is 0 Å². The molecule has 116 valence electrons. The number of piperazine rings is 1. The smallest absolute Gasteiger partial charge is 0.133 e. The number of nitrogens with one attached hydrogen (secondary N) is 1. The van der Waals surface area contributed by atoms with Crippen LogP contribution in [0.1, 0.15) is 37.3 Å². The monoisotopic (exact) mass is 512 g/mol. The lowest BCUT2D eigenvalue weighted by atomic mass is 9.89. The van der Waals surface area contributed by atoms with E-state index in [9.17, 15) is 5.11 Å². The zero-order valence-electron chi connectivity index (χ0n) is 12.1. The van der Waals surface area contributed by atoms with Crippen LogP contribution in [0, 0.1) is 13.1 Å². The summed E-state index contributed by atoms with van der Waals surface area (Å²) in [5.41, 5.74) is 1.15. The second kappa shape index (κ2) is 7.31. The average molecular weight is 512 g/mol. The number of hydrogen-bond donors (Lipinski definition) is 2. The Kier molecular flexibility index (Phi) is 5.66. The zero-order valence-corrected chi connectivity index (χ0v) is 16.4. The van der Waals surface area contributed by atoms with Crippen molar-refractivity contribution in [3.63, 3.8) is 0 Å². The predicted molar refractivity (Wildman–Crippen MR) is 103 cm³/mol. The first-order valence-electron chi connectivity index (χ1n) is 7.79. The standard InChI is InChI=1S/C16H22I2N2O/c17-12-9-13(16(21)14(18)10-12)15(11-3-1-2-4-11)20-7-5-19-6-8-20/h9-11,15,19,21H,1-8H2/t15-/m1/s1. The molecule has 2 N–H and O–H groups in total. The van der Waals surface area contributed by atoms with Gasteiger partial charge in [0.2, 0.25) is 0 Å². The van der Waals surface area contributed by atoms with E-state index in [0.29, 0.717) is 17.7 Å². The van der Waals surface area contributed by atoms with Crippen molar-refractivity contribution >= 4 is 45.2 Å². The Morgan fingerprint density at radius 1 is 1.14 bits per heavy atom. The molecule has 3 rings (SSSR count). The summed E-state index contributed by atoms with van der Waals surface area (Å²) < 4.78 is 2.20. The van der Waals surface area contributed by atoms with Gasteiger partial charge in [0.15, 0.2) is 0 Å². The minimum Gasteiger partial charge on any atom is -0.506 e. The lowest BCUT2D eigenvalue weighted by Crippen LogP contribution is -2.46. The molecule has 2 fully saturated rings. The molecule has 0 bridgehead atoms. The third-order valence-corrected chi connectivity index (χ3v) is 6.21. The van der Waals surface area contributed by atoms with Crippen molar-refractivity contribution in [1.29, 1.82) is 0 Å². The quantitative estimate of drug-likeness (QED) is 0.607. The number of hydrogen-bond acceptors (Lipinski definition) is 3. The molecule has 0 unspecified atom stereocenters. The number of benzene rings is 1. The number of nitrogens with zero attached hydrogens (tertiary/aromatic N) is 1. The Morgan fingerprint density at radius 2 is 1.81 bits per heavy atom. The Balaban J connectivity index is 1.97. The van der Waals surface area contributed by atoms with Crippen LogP contribution in [-0.2, 0) is 0 Å². The number of phenolic OH excluding ortho intramolecular Hbond substituents is 1. The highest BCUT2D eigenvalue weighted by Crippen LogP contribution is 2.44. The average Bonchev–Trinajstić information content (AvgIpc) is 2.99. The second-order valence-electron chi connectivity index (χ2n) is 6.10. The van der Waals surface area contributed by atoms with Crippen molar-refractivity contribution in [1.82, 2.24) is 10.2 Å². The molecule has 1 aromatic carbocycles. The van der Waals surface area contributed by atoms with Crippen LogP contribution in [0.2, 0.25) is 0 Å². The van der Waals surface area contributed by atoms with Gasteiger partial charge in [0, 0.05) is 41.4 Å². The van der Waals surface area contributed by atoms with Crippen molar-refractivity contribution in [2.24, 2.45) is 5.92 Å². The first-order valence-corrected chi connectivity index (χ1v) is 9.95. The molecule has 21 heavy (non-hydrogen) atoms. The number of phenols is 1. The van der Waals surface area contributed by atoms with Crippen molar-refractivity contribution in [3.8, 4) is 5.75 Å². The van der Waals surface area contributed by atoms with E-state index in [1.807, 2.05) is 0 Å². The Hall–Kier alpha value is 0.400. The van der Waals surface area contributed by atoms with Crippen molar-refractivity contribution in [2.45, 2.75) is 31.7 Å². The minimum absolute atomic E-state index is 0.387. The van der Waals surface area contributed by atoms with Crippen LogP contribution >= 0.6 is 45.2 Å². The summed E-state index contributed by atoms with van der Waals surface area (Å²) in [5, 5.41) is 14.1. The fourth-order valence-electron chi connectivity index (χ4n) is 3.79. The van der Waals surface area contributed by atoms with Crippen LogP contribution in [0.3, 0.4) is 0 Å². The molecule has 0 aromatic heterocycles. The van der Waals surface area contributed by atoms with E-state index in [4.69, 9.17) is 0 Å². The summed E-state index contributed by atoms with van der Waals surface area (Å²) in [6.07, 6.45) is 5.29. The molecule has 1 atom stereocenters. The first-order chi connectivity index (χ1) is 10.2. The van der Waals surface area contributed by atoms with Gasteiger partial charge in [-0.2, -0.15) is 0 Å². The summed E-state index contributed by atoms with van der Waals surface area (Å²) in [5.74, 6) is 1.20. The molecule has 2 aliphatic rings. The maximum Gasteiger partial charge on any atom is 0.133 e. The molecule has 0 spiro atoms. The van der Waals surface area contributed by atoms with E-state index < -0.39 is 0 Å². The number of halogens is 2. The third-order valence-electron chi connectivity index (χ3n) is 4.77.